The van der Waals surface area contributed by atoms with Crippen molar-refractivity contribution in [2.75, 3.05) is 5.32 Å². The highest BCUT2D eigenvalue weighted by atomic mass is 32.1. The van der Waals surface area contributed by atoms with E-state index >= 15 is 0 Å². The molecule has 14 heavy (non-hydrogen) atoms. The molecule has 1 aromatic heterocycles. The molecule has 1 aromatic carbocycles. The Kier molecular flexibility index (Phi) is 2.84. The molecule has 2 heteroatoms. The summed E-state index contributed by atoms with van der Waals surface area (Å²) in [6.07, 6.45) is 0. The van der Waals surface area contributed by atoms with Crippen LogP contribution in [0.3, 0.4) is 0 Å². The Morgan fingerprint density at radius 3 is 2.50 bits per heavy atom. The monoisotopic (exact) mass is 203 g/mol. The zero-order valence-electron chi connectivity index (χ0n) is 8.10. The van der Waals surface area contributed by atoms with E-state index in [0.717, 1.165) is 0 Å². The van der Waals surface area contributed by atoms with E-state index in [4.69, 9.17) is 0 Å². The number of hydrogen-bond donors (Lipinski definition) is 1. The van der Waals surface area contributed by atoms with Crippen LogP contribution >= 0.6 is 11.3 Å². The van der Waals surface area contributed by atoms with E-state index in [1.165, 1.54) is 10.6 Å². The number of para-hydroxylation sites is 1. The first-order valence-corrected chi connectivity index (χ1v) is 5.59. The molecule has 0 spiro atoms. The van der Waals surface area contributed by atoms with Gasteiger partial charge in [-0.1, -0.05) is 24.3 Å². The molecule has 1 atom stereocenters. The summed E-state index contributed by atoms with van der Waals surface area (Å²) in [5.41, 5.74) is 1.17. The summed E-state index contributed by atoms with van der Waals surface area (Å²) < 4.78 is 0. The Labute approximate surface area is 88.4 Å². The summed E-state index contributed by atoms with van der Waals surface area (Å²) in [5, 5.41) is 5.56. The van der Waals surface area contributed by atoms with Crippen LogP contribution in [0.4, 0.5) is 5.69 Å². The lowest BCUT2D eigenvalue weighted by Gasteiger charge is -2.13. The zero-order valence-corrected chi connectivity index (χ0v) is 8.92. The van der Waals surface area contributed by atoms with E-state index in [-0.39, 0.29) is 0 Å². The van der Waals surface area contributed by atoms with Gasteiger partial charge in [-0.05, 0) is 30.5 Å². The van der Waals surface area contributed by atoms with Crippen molar-refractivity contribution in [3.05, 3.63) is 52.7 Å². The van der Waals surface area contributed by atoms with E-state index < -0.39 is 0 Å². The van der Waals surface area contributed by atoms with Crippen LogP contribution in [0.15, 0.2) is 47.8 Å². The third-order valence-electron chi connectivity index (χ3n) is 2.13. The minimum absolute atomic E-state index is 0.386. The third kappa shape index (κ3) is 2.15. The molecular weight excluding hydrogens is 190 g/mol. The number of rotatable bonds is 3. The second-order valence-corrected chi connectivity index (χ2v) is 4.23. The van der Waals surface area contributed by atoms with Crippen molar-refractivity contribution in [3.63, 3.8) is 0 Å². The van der Waals surface area contributed by atoms with Gasteiger partial charge in [-0.25, -0.2) is 0 Å². The predicted molar refractivity (Wildman–Crippen MR) is 62.8 cm³/mol. The Balaban J connectivity index is 2.06. The first-order chi connectivity index (χ1) is 6.86. The van der Waals surface area contributed by atoms with Gasteiger partial charge in [-0.3, -0.25) is 0 Å². The van der Waals surface area contributed by atoms with Gasteiger partial charge in [0.15, 0.2) is 0 Å². The molecule has 0 aliphatic carbocycles. The summed E-state index contributed by atoms with van der Waals surface area (Å²) in [5.74, 6) is 0. The quantitative estimate of drug-likeness (QED) is 0.797. The number of anilines is 1. The molecule has 0 saturated carbocycles. The second kappa shape index (κ2) is 4.29. The normalized spacial score (nSPS) is 12.4. The van der Waals surface area contributed by atoms with Gasteiger partial charge < -0.3 is 5.32 Å². The van der Waals surface area contributed by atoms with Crippen LogP contribution in [-0.4, -0.2) is 0 Å². The molecule has 2 rings (SSSR count). The van der Waals surface area contributed by atoms with E-state index in [1.54, 1.807) is 11.3 Å². The molecule has 0 bridgehead atoms. The molecule has 0 aliphatic heterocycles. The van der Waals surface area contributed by atoms with Gasteiger partial charge in [0.25, 0.3) is 0 Å². The van der Waals surface area contributed by atoms with Crippen LogP contribution in [0.5, 0.6) is 0 Å². The van der Waals surface area contributed by atoms with E-state index in [2.05, 4.69) is 41.9 Å². The first kappa shape index (κ1) is 9.28. The molecule has 2 aromatic rings. The average Bonchev–Trinajstić information content (AvgIpc) is 2.72. The van der Waals surface area contributed by atoms with Crippen LogP contribution in [0.1, 0.15) is 17.8 Å². The van der Waals surface area contributed by atoms with Crippen molar-refractivity contribution < 1.29 is 0 Å². The number of thiophene rings is 1. The summed E-state index contributed by atoms with van der Waals surface area (Å²) in [7, 11) is 0. The highest BCUT2D eigenvalue weighted by molar-refractivity contribution is 7.10. The number of hydrogen-bond acceptors (Lipinski definition) is 2. The molecule has 0 fully saturated rings. The van der Waals surface area contributed by atoms with Crippen LogP contribution in [0.25, 0.3) is 0 Å². The maximum absolute atomic E-state index is 3.45. The minimum Gasteiger partial charge on any atom is -0.378 e. The minimum atomic E-state index is 0.386. The van der Waals surface area contributed by atoms with E-state index in [1.807, 2.05) is 18.2 Å². The topological polar surface area (TPSA) is 12.0 Å². The Hall–Kier alpha value is -1.28. The summed E-state index contributed by atoms with van der Waals surface area (Å²) in [6.45, 7) is 2.18. The van der Waals surface area contributed by atoms with Crippen LogP contribution in [0.2, 0.25) is 0 Å². The Morgan fingerprint density at radius 1 is 1.07 bits per heavy atom. The SMILES string of the molecule is C[C@H](Nc1ccccc1)c1cccs1. The fraction of sp³-hybridized carbons (Fsp3) is 0.167. The molecule has 1 nitrogen and oxygen atoms in total. The van der Waals surface area contributed by atoms with Crippen LogP contribution in [0, 0.1) is 0 Å². The standard InChI is InChI=1S/C12H13NS/c1-10(12-8-5-9-14-12)13-11-6-3-2-4-7-11/h2-10,13H,1H3/t10-/m0/s1. The third-order valence-corrected chi connectivity index (χ3v) is 3.18. The van der Waals surface area contributed by atoms with Crippen molar-refractivity contribution in [1.82, 2.24) is 0 Å². The predicted octanol–water partition coefficient (Wildman–Crippen LogP) is 3.92. The van der Waals surface area contributed by atoms with Gasteiger partial charge in [-0.15, -0.1) is 11.3 Å². The molecule has 72 valence electrons. The maximum atomic E-state index is 3.45. The lowest BCUT2D eigenvalue weighted by molar-refractivity contribution is 0.908. The molecule has 1 N–H and O–H groups in total. The van der Waals surface area contributed by atoms with Crippen molar-refractivity contribution in [1.29, 1.82) is 0 Å². The summed E-state index contributed by atoms with van der Waals surface area (Å²) >= 11 is 1.79. The molecule has 0 saturated heterocycles. The van der Waals surface area contributed by atoms with Crippen LogP contribution < -0.4 is 5.32 Å². The summed E-state index contributed by atoms with van der Waals surface area (Å²) in [4.78, 5) is 1.37. The van der Waals surface area contributed by atoms with Gasteiger partial charge >= 0.3 is 0 Å². The fourth-order valence-corrected chi connectivity index (χ4v) is 2.13. The Morgan fingerprint density at radius 2 is 1.86 bits per heavy atom. The second-order valence-electron chi connectivity index (χ2n) is 3.25. The van der Waals surface area contributed by atoms with Crippen molar-refractivity contribution in [2.45, 2.75) is 13.0 Å². The molecule has 0 unspecified atom stereocenters. The highest BCUT2D eigenvalue weighted by Gasteiger charge is 2.04. The van der Waals surface area contributed by atoms with Crippen molar-refractivity contribution >= 4 is 17.0 Å². The van der Waals surface area contributed by atoms with Crippen molar-refractivity contribution in [3.8, 4) is 0 Å². The average molecular weight is 203 g/mol. The van der Waals surface area contributed by atoms with E-state index in [9.17, 15) is 0 Å². The summed E-state index contributed by atoms with van der Waals surface area (Å²) in [6, 6.07) is 14.9. The number of benzene rings is 1. The lowest BCUT2D eigenvalue weighted by atomic mass is 10.2. The van der Waals surface area contributed by atoms with E-state index in [0.29, 0.717) is 6.04 Å². The van der Waals surface area contributed by atoms with Gasteiger partial charge in [0.2, 0.25) is 0 Å². The van der Waals surface area contributed by atoms with Crippen LogP contribution in [-0.2, 0) is 0 Å². The van der Waals surface area contributed by atoms with Gasteiger partial charge in [0, 0.05) is 10.6 Å². The fourth-order valence-electron chi connectivity index (χ4n) is 1.39. The van der Waals surface area contributed by atoms with Gasteiger partial charge in [-0.2, -0.15) is 0 Å². The van der Waals surface area contributed by atoms with Crippen molar-refractivity contribution in [2.24, 2.45) is 0 Å². The highest BCUT2D eigenvalue weighted by Crippen LogP contribution is 2.22. The molecule has 0 amide bonds. The molecule has 1 heterocycles. The number of nitrogens with one attached hydrogen (secondary N) is 1. The first-order valence-electron chi connectivity index (χ1n) is 4.71. The van der Waals surface area contributed by atoms with Gasteiger partial charge in [0.1, 0.15) is 0 Å². The largest absolute Gasteiger partial charge is 0.378 e. The Bertz CT molecular complexity index is 366. The van der Waals surface area contributed by atoms with Gasteiger partial charge in [0.05, 0.1) is 6.04 Å². The molecule has 0 radical (unpaired) electrons. The smallest absolute Gasteiger partial charge is 0.0578 e. The molecule has 0 aliphatic rings. The molecular formula is C12H13NS. The lowest BCUT2D eigenvalue weighted by Crippen LogP contribution is -2.04. The zero-order chi connectivity index (χ0) is 9.80. The maximum Gasteiger partial charge on any atom is 0.0578 e.